The zero-order chi connectivity index (χ0) is 16.1. The molecule has 0 N–H and O–H groups in total. The average Bonchev–Trinajstić information content (AvgIpc) is 2.49. The molecule has 0 heterocycles. The lowest BCUT2D eigenvalue weighted by Gasteiger charge is -2.07. The van der Waals surface area contributed by atoms with E-state index in [1.54, 1.807) is 48.5 Å². The highest BCUT2D eigenvalue weighted by Crippen LogP contribution is 2.22. The van der Waals surface area contributed by atoms with Gasteiger partial charge in [-0.2, -0.15) is 0 Å². The maximum absolute atomic E-state index is 12.1. The molecule has 5 nitrogen and oxygen atoms in total. The fourth-order valence-corrected chi connectivity index (χ4v) is 1.84. The average molecular weight is 318 g/mol. The van der Waals surface area contributed by atoms with Crippen molar-refractivity contribution in [1.29, 1.82) is 0 Å². The predicted molar refractivity (Wildman–Crippen MR) is 83.5 cm³/mol. The van der Waals surface area contributed by atoms with Crippen molar-refractivity contribution in [1.82, 2.24) is 0 Å². The van der Waals surface area contributed by atoms with Gasteiger partial charge in [-0.15, -0.1) is 0 Å². The minimum absolute atomic E-state index is 0.0463. The quantitative estimate of drug-likeness (QED) is 0.367. The zero-order valence-electron chi connectivity index (χ0n) is 11.7. The first-order chi connectivity index (χ1) is 10.5. The number of halogens is 1. The van der Waals surface area contributed by atoms with E-state index in [2.05, 4.69) is 0 Å². The molecule has 0 atom stereocenters. The Morgan fingerprint density at radius 3 is 2.45 bits per heavy atom. The standard InChI is InChI=1S/C16H12ClNO4/c1-11(18(20)21)10-13-4-2-3-5-15(13)22-16(19)12-6-8-14(17)9-7-12/h2-10H,1H3. The number of hydrogen-bond donors (Lipinski definition) is 0. The van der Waals surface area contributed by atoms with Crippen molar-refractivity contribution in [2.24, 2.45) is 0 Å². The molecule has 0 saturated heterocycles. The van der Waals surface area contributed by atoms with Crippen LogP contribution in [-0.4, -0.2) is 10.9 Å². The van der Waals surface area contributed by atoms with Gasteiger partial charge in [0.15, 0.2) is 0 Å². The molecule has 0 saturated carbocycles. The van der Waals surface area contributed by atoms with E-state index in [0.717, 1.165) is 0 Å². The van der Waals surface area contributed by atoms with E-state index < -0.39 is 10.9 Å². The summed E-state index contributed by atoms with van der Waals surface area (Å²) in [4.78, 5) is 22.3. The van der Waals surface area contributed by atoms with Crippen LogP contribution in [0.15, 0.2) is 54.2 Å². The number of para-hydroxylation sites is 1. The van der Waals surface area contributed by atoms with Crippen molar-refractivity contribution in [2.45, 2.75) is 6.92 Å². The normalized spacial score (nSPS) is 11.1. The minimum Gasteiger partial charge on any atom is -0.422 e. The van der Waals surface area contributed by atoms with Crippen molar-refractivity contribution >= 4 is 23.6 Å². The highest BCUT2D eigenvalue weighted by molar-refractivity contribution is 6.30. The summed E-state index contributed by atoms with van der Waals surface area (Å²) in [5.41, 5.74) is 0.753. The molecule has 2 rings (SSSR count). The Hall–Kier alpha value is -2.66. The van der Waals surface area contributed by atoms with E-state index in [1.807, 2.05) is 0 Å². The first-order valence-corrected chi connectivity index (χ1v) is 6.74. The van der Waals surface area contributed by atoms with Crippen LogP contribution in [0.5, 0.6) is 5.75 Å². The Morgan fingerprint density at radius 2 is 1.82 bits per heavy atom. The molecule has 0 radical (unpaired) electrons. The van der Waals surface area contributed by atoms with E-state index in [9.17, 15) is 14.9 Å². The van der Waals surface area contributed by atoms with Crippen LogP contribution in [0.2, 0.25) is 5.02 Å². The molecule has 0 aromatic heterocycles. The first-order valence-electron chi connectivity index (χ1n) is 6.37. The van der Waals surface area contributed by atoms with Crippen LogP contribution in [0.4, 0.5) is 0 Å². The smallest absolute Gasteiger partial charge is 0.343 e. The van der Waals surface area contributed by atoms with Gasteiger partial charge in [-0.1, -0.05) is 29.8 Å². The second kappa shape index (κ2) is 6.87. The molecule has 0 fully saturated rings. The number of benzene rings is 2. The lowest BCUT2D eigenvalue weighted by Crippen LogP contribution is -2.09. The van der Waals surface area contributed by atoms with Gasteiger partial charge in [0.1, 0.15) is 5.75 Å². The Kier molecular flexibility index (Phi) is 4.91. The van der Waals surface area contributed by atoms with Gasteiger partial charge < -0.3 is 4.74 Å². The summed E-state index contributed by atoms with van der Waals surface area (Å²) in [7, 11) is 0. The number of allylic oxidation sites excluding steroid dienone is 1. The molecule has 2 aromatic carbocycles. The van der Waals surface area contributed by atoms with E-state index >= 15 is 0 Å². The van der Waals surface area contributed by atoms with Gasteiger partial charge in [0, 0.05) is 23.6 Å². The largest absolute Gasteiger partial charge is 0.422 e. The highest BCUT2D eigenvalue weighted by Gasteiger charge is 2.12. The molecular formula is C16H12ClNO4. The number of carbonyl (C=O) groups is 1. The fraction of sp³-hybridized carbons (Fsp3) is 0.0625. The van der Waals surface area contributed by atoms with E-state index in [-0.39, 0.29) is 11.4 Å². The summed E-state index contributed by atoms with van der Waals surface area (Å²) in [6, 6.07) is 12.9. The number of nitro groups is 1. The monoisotopic (exact) mass is 317 g/mol. The van der Waals surface area contributed by atoms with Gasteiger partial charge >= 0.3 is 5.97 Å². The van der Waals surface area contributed by atoms with Crippen molar-refractivity contribution in [3.05, 3.63) is 80.5 Å². The molecule has 22 heavy (non-hydrogen) atoms. The third kappa shape index (κ3) is 3.93. The van der Waals surface area contributed by atoms with E-state index in [0.29, 0.717) is 16.1 Å². The van der Waals surface area contributed by atoms with Crippen LogP contribution in [0.25, 0.3) is 6.08 Å². The van der Waals surface area contributed by atoms with Gasteiger partial charge in [0.2, 0.25) is 5.70 Å². The second-order valence-electron chi connectivity index (χ2n) is 4.48. The first kappa shape index (κ1) is 15.7. The van der Waals surface area contributed by atoms with Crippen LogP contribution in [0, 0.1) is 10.1 Å². The second-order valence-corrected chi connectivity index (χ2v) is 4.91. The summed E-state index contributed by atoms with van der Waals surface area (Å²) >= 11 is 5.76. The number of ether oxygens (including phenoxy) is 1. The summed E-state index contributed by atoms with van der Waals surface area (Å²) in [6.45, 7) is 1.37. The topological polar surface area (TPSA) is 69.4 Å². The van der Waals surface area contributed by atoms with Gasteiger partial charge in [0.05, 0.1) is 10.5 Å². The number of carbonyl (C=O) groups excluding carboxylic acids is 1. The van der Waals surface area contributed by atoms with Crippen LogP contribution in [0.1, 0.15) is 22.8 Å². The molecule has 0 unspecified atom stereocenters. The molecule has 6 heteroatoms. The Balaban J connectivity index is 2.26. The molecule has 112 valence electrons. The highest BCUT2D eigenvalue weighted by atomic mass is 35.5. The van der Waals surface area contributed by atoms with Gasteiger partial charge in [0.25, 0.3) is 0 Å². The Labute approximate surface area is 131 Å². The number of rotatable bonds is 4. The fourth-order valence-electron chi connectivity index (χ4n) is 1.72. The SMILES string of the molecule is CC(=Cc1ccccc1OC(=O)c1ccc(Cl)cc1)[N+](=O)[O-]. The number of hydrogen-bond acceptors (Lipinski definition) is 4. The number of nitrogens with zero attached hydrogens (tertiary/aromatic N) is 1. The lowest BCUT2D eigenvalue weighted by atomic mass is 10.1. The van der Waals surface area contributed by atoms with Gasteiger partial charge in [-0.3, -0.25) is 10.1 Å². The molecule has 0 aliphatic carbocycles. The minimum atomic E-state index is -0.559. The zero-order valence-corrected chi connectivity index (χ0v) is 12.4. The van der Waals surface area contributed by atoms with Gasteiger partial charge in [-0.25, -0.2) is 4.79 Å². The molecule has 0 bridgehead atoms. The van der Waals surface area contributed by atoms with Crippen LogP contribution in [-0.2, 0) is 0 Å². The third-order valence-electron chi connectivity index (χ3n) is 2.85. The molecular weight excluding hydrogens is 306 g/mol. The molecule has 0 aliphatic rings. The summed E-state index contributed by atoms with van der Waals surface area (Å²) in [6.07, 6.45) is 1.35. The number of esters is 1. The Bertz CT molecular complexity index is 738. The van der Waals surface area contributed by atoms with Crippen LogP contribution < -0.4 is 4.74 Å². The van der Waals surface area contributed by atoms with Crippen LogP contribution >= 0.6 is 11.6 Å². The maximum atomic E-state index is 12.1. The van der Waals surface area contributed by atoms with Crippen molar-refractivity contribution in [2.75, 3.05) is 0 Å². The van der Waals surface area contributed by atoms with Gasteiger partial charge in [-0.05, 0) is 30.3 Å². The third-order valence-corrected chi connectivity index (χ3v) is 3.11. The van der Waals surface area contributed by atoms with Crippen molar-refractivity contribution in [3.8, 4) is 5.75 Å². The maximum Gasteiger partial charge on any atom is 0.343 e. The lowest BCUT2D eigenvalue weighted by molar-refractivity contribution is -0.422. The molecule has 0 spiro atoms. The van der Waals surface area contributed by atoms with E-state index in [1.165, 1.54) is 13.0 Å². The summed E-state index contributed by atoms with van der Waals surface area (Å²) in [5, 5.41) is 11.2. The van der Waals surface area contributed by atoms with Crippen molar-refractivity contribution in [3.63, 3.8) is 0 Å². The Morgan fingerprint density at radius 1 is 1.18 bits per heavy atom. The van der Waals surface area contributed by atoms with Crippen LogP contribution in [0.3, 0.4) is 0 Å². The molecule has 0 aliphatic heterocycles. The molecule has 2 aromatic rings. The van der Waals surface area contributed by atoms with Crippen molar-refractivity contribution < 1.29 is 14.5 Å². The predicted octanol–water partition coefficient (Wildman–Crippen LogP) is 4.20. The molecule has 0 amide bonds. The summed E-state index contributed by atoms with van der Waals surface area (Å²) < 4.78 is 5.30. The summed E-state index contributed by atoms with van der Waals surface area (Å²) in [5.74, 6) is -0.306. The van der Waals surface area contributed by atoms with E-state index in [4.69, 9.17) is 16.3 Å².